The molecule has 7 heteroatoms. The molecule has 0 spiro atoms. The van der Waals surface area contributed by atoms with Crippen LogP contribution in [0, 0.1) is 6.92 Å². The van der Waals surface area contributed by atoms with E-state index in [1.165, 1.54) is 7.11 Å². The molecule has 0 aromatic heterocycles. The van der Waals surface area contributed by atoms with Gasteiger partial charge in [0.25, 0.3) is 5.91 Å². The lowest BCUT2D eigenvalue weighted by Crippen LogP contribution is -2.18. The van der Waals surface area contributed by atoms with Gasteiger partial charge in [-0.3, -0.25) is 4.79 Å². The van der Waals surface area contributed by atoms with Crippen molar-refractivity contribution in [1.82, 2.24) is 5.43 Å². The van der Waals surface area contributed by atoms with Crippen molar-refractivity contribution >= 4 is 23.7 Å². The number of nitrogens with zero attached hydrogens (tertiary/aromatic N) is 1. The zero-order valence-electron chi connectivity index (χ0n) is 18.2. The maximum absolute atomic E-state index is 12.4. The molecule has 1 N–H and O–H groups in total. The SMILES string of the molecule is CCOc1cc(/C=N\NC(=O)c2ccc(C)cc2OC)ccc1OCc1ccc(Cl)cc1. The van der Waals surface area contributed by atoms with Crippen LogP contribution in [-0.2, 0) is 6.61 Å². The Kier molecular flexibility index (Phi) is 8.11. The molecule has 6 nitrogen and oxygen atoms in total. The molecule has 166 valence electrons. The molecule has 0 heterocycles. The Bertz CT molecular complexity index is 1100. The molecule has 0 fully saturated rings. The fraction of sp³-hybridized carbons (Fsp3) is 0.200. The number of carbonyl (C=O) groups excluding carboxylic acids is 1. The van der Waals surface area contributed by atoms with Crippen LogP contribution in [0.1, 0.15) is 34.0 Å². The average molecular weight is 453 g/mol. The quantitative estimate of drug-likeness (QED) is 0.348. The zero-order valence-corrected chi connectivity index (χ0v) is 19.0. The summed E-state index contributed by atoms with van der Waals surface area (Å²) in [5.41, 5.74) is 5.69. The van der Waals surface area contributed by atoms with Crippen molar-refractivity contribution in [2.75, 3.05) is 13.7 Å². The van der Waals surface area contributed by atoms with E-state index in [2.05, 4.69) is 10.5 Å². The lowest BCUT2D eigenvalue weighted by molar-refractivity contribution is 0.0952. The first-order chi connectivity index (χ1) is 15.5. The zero-order chi connectivity index (χ0) is 22.9. The topological polar surface area (TPSA) is 69.2 Å². The summed E-state index contributed by atoms with van der Waals surface area (Å²) in [6, 6.07) is 18.3. The van der Waals surface area contributed by atoms with Crippen LogP contribution in [0.25, 0.3) is 0 Å². The number of hydrogen-bond donors (Lipinski definition) is 1. The summed E-state index contributed by atoms with van der Waals surface area (Å²) in [5.74, 6) is 1.36. The van der Waals surface area contributed by atoms with Gasteiger partial charge in [0.2, 0.25) is 0 Å². The Balaban J connectivity index is 1.67. The second-order valence-corrected chi connectivity index (χ2v) is 7.39. The number of halogens is 1. The molecule has 0 aliphatic heterocycles. The number of aryl methyl sites for hydroxylation is 1. The molecule has 0 saturated carbocycles. The van der Waals surface area contributed by atoms with E-state index >= 15 is 0 Å². The summed E-state index contributed by atoms with van der Waals surface area (Å²) in [7, 11) is 1.53. The highest BCUT2D eigenvalue weighted by atomic mass is 35.5. The predicted molar refractivity (Wildman–Crippen MR) is 126 cm³/mol. The molecule has 0 saturated heterocycles. The lowest BCUT2D eigenvalue weighted by atomic mass is 10.1. The van der Waals surface area contributed by atoms with Gasteiger partial charge in [0.05, 0.1) is 25.5 Å². The van der Waals surface area contributed by atoms with Gasteiger partial charge in [0.1, 0.15) is 12.4 Å². The number of carbonyl (C=O) groups is 1. The average Bonchev–Trinajstić information content (AvgIpc) is 2.79. The van der Waals surface area contributed by atoms with E-state index in [4.69, 9.17) is 25.8 Å². The molecule has 0 atom stereocenters. The van der Waals surface area contributed by atoms with E-state index in [1.54, 1.807) is 18.3 Å². The van der Waals surface area contributed by atoms with Gasteiger partial charge in [-0.1, -0.05) is 29.8 Å². The summed E-state index contributed by atoms with van der Waals surface area (Å²) >= 11 is 5.92. The van der Waals surface area contributed by atoms with Crippen LogP contribution in [0.3, 0.4) is 0 Å². The second-order valence-electron chi connectivity index (χ2n) is 6.96. The van der Waals surface area contributed by atoms with E-state index in [-0.39, 0.29) is 5.91 Å². The van der Waals surface area contributed by atoms with Crippen molar-refractivity contribution in [3.8, 4) is 17.2 Å². The minimum atomic E-state index is -0.356. The summed E-state index contributed by atoms with van der Waals surface area (Å²) in [5, 5.41) is 4.74. The molecule has 0 unspecified atom stereocenters. The Morgan fingerprint density at radius 1 is 1.00 bits per heavy atom. The molecule has 0 bridgehead atoms. The van der Waals surface area contributed by atoms with Gasteiger partial charge in [0.15, 0.2) is 11.5 Å². The van der Waals surface area contributed by atoms with Crippen LogP contribution < -0.4 is 19.6 Å². The molecular formula is C25H25ClN2O4. The third kappa shape index (κ3) is 6.25. The summed E-state index contributed by atoms with van der Waals surface area (Å²) < 4.78 is 16.9. The van der Waals surface area contributed by atoms with E-state index in [0.29, 0.717) is 41.0 Å². The van der Waals surface area contributed by atoms with Crippen molar-refractivity contribution in [1.29, 1.82) is 0 Å². The van der Waals surface area contributed by atoms with Crippen LogP contribution in [0.15, 0.2) is 65.8 Å². The highest BCUT2D eigenvalue weighted by Gasteiger charge is 2.11. The van der Waals surface area contributed by atoms with Gasteiger partial charge < -0.3 is 14.2 Å². The first-order valence-corrected chi connectivity index (χ1v) is 10.5. The molecular weight excluding hydrogens is 428 g/mol. The van der Waals surface area contributed by atoms with Crippen molar-refractivity contribution < 1.29 is 19.0 Å². The molecule has 32 heavy (non-hydrogen) atoms. The summed E-state index contributed by atoms with van der Waals surface area (Å²) in [4.78, 5) is 12.4. The molecule has 0 radical (unpaired) electrons. The third-order valence-corrected chi connectivity index (χ3v) is 4.81. The molecule has 3 aromatic rings. The van der Waals surface area contributed by atoms with Crippen molar-refractivity contribution in [3.63, 3.8) is 0 Å². The van der Waals surface area contributed by atoms with Crippen LogP contribution in [0.5, 0.6) is 17.2 Å². The maximum atomic E-state index is 12.4. The molecule has 1 amide bonds. The van der Waals surface area contributed by atoms with Crippen LogP contribution >= 0.6 is 11.6 Å². The number of benzene rings is 3. The highest BCUT2D eigenvalue weighted by molar-refractivity contribution is 6.30. The molecule has 0 aliphatic rings. The van der Waals surface area contributed by atoms with Gasteiger partial charge in [-0.05, 0) is 73.0 Å². The molecule has 3 rings (SSSR count). The Morgan fingerprint density at radius 2 is 1.78 bits per heavy atom. The van der Waals surface area contributed by atoms with Gasteiger partial charge in [0, 0.05) is 5.02 Å². The smallest absolute Gasteiger partial charge is 0.275 e. The summed E-state index contributed by atoms with van der Waals surface area (Å²) in [6.07, 6.45) is 1.55. The number of hydrazone groups is 1. The van der Waals surface area contributed by atoms with Gasteiger partial charge in [-0.2, -0.15) is 5.10 Å². The van der Waals surface area contributed by atoms with E-state index in [1.807, 2.05) is 62.4 Å². The van der Waals surface area contributed by atoms with E-state index < -0.39 is 0 Å². The third-order valence-electron chi connectivity index (χ3n) is 4.56. The normalized spacial score (nSPS) is 10.8. The predicted octanol–water partition coefficient (Wildman–Crippen LogP) is 5.40. The monoisotopic (exact) mass is 452 g/mol. The maximum Gasteiger partial charge on any atom is 0.275 e. The number of rotatable bonds is 9. The summed E-state index contributed by atoms with van der Waals surface area (Å²) in [6.45, 7) is 4.71. The van der Waals surface area contributed by atoms with Crippen LogP contribution in [0.4, 0.5) is 0 Å². The fourth-order valence-corrected chi connectivity index (χ4v) is 3.07. The van der Waals surface area contributed by atoms with Crippen molar-refractivity contribution in [2.45, 2.75) is 20.5 Å². The first-order valence-electron chi connectivity index (χ1n) is 10.1. The number of amides is 1. The Labute approximate surface area is 192 Å². The van der Waals surface area contributed by atoms with Crippen LogP contribution in [0.2, 0.25) is 5.02 Å². The first kappa shape index (κ1) is 23.2. The van der Waals surface area contributed by atoms with E-state index in [0.717, 1.165) is 16.7 Å². The van der Waals surface area contributed by atoms with Gasteiger partial charge in [-0.25, -0.2) is 5.43 Å². The lowest BCUT2D eigenvalue weighted by Gasteiger charge is -2.12. The minimum Gasteiger partial charge on any atom is -0.496 e. The van der Waals surface area contributed by atoms with Crippen LogP contribution in [-0.4, -0.2) is 25.8 Å². The number of nitrogens with one attached hydrogen (secondary N) is 1. The fourth-order valence-electron chi connectivity index (χ4n) is 2.95. The van der Waals surface area contributed by atoms with Gasteiger partial charge in [-0.15, -0.1) is 0 Å². The molecule has 3 aromatic carbocycles. The van der Waals surface area contributed by atoms with E-state index in [9.17, 15) is 4.79 Å². The van der Waals surface area contributed by atoms with Crippen molar-refractivity contribution in [2.24, 2.45) is 5.10 Å². The van der Waals surface area contributed by atoms with Gasteiger partial charge >= 0.3 is 0 Å². The minimum absolute atomic E-state index is 0.356. The standard InChI is InChI=1S/C25H25ClN2O4/c1-4-31-24-14-19(8-12-22(24)32-16-18-6-9-20(26)10-7-18)15-27-28-25(29)21-11-5-17(2)13-23(21)30-3/h5-15H,4,16H2,1-3H3,(H,28,29)/b27-15-. The largest absolute Gasteiger partial charge is 0.496 e. The highest BCUT2D eigenvalue weighted by Crippen LogP contribution is 2.29. The number of hydrogen-bond acceptors (Lipinski definition) is 5. The number of ether oxygens (including phenoxy) is 3. The Morgan fingerprint density at radius 3 is 2.50 bits per heavy atom. The molecule has 0 aliphatic carbocycles. The number of methoxy groups -OCH3 is 1. The Hall–Kier alpha value is -3.51. The van der Waals surface area contributed by atoms with Crippen molar-refractivity contribution in [3.05, 3.63) is 87.9 Å². The second kappa shape index (κ2) is 11.2.